The molecule has 0 saturated heterocycles. The third kappa shape index (κ3) is 1.41. The highest BCUT2D eigenvalue weighted by molar-refractivity contribution is 6.05. The highest BCUT2D eigenvalue weighted by Gasteiger charge is 2.05. The van der Waals surface area contributed by atoms with Crippen LogP contribution in [0.25, 0.3) is 21.7 Å². The van der Waals surface area contributed by atoms with Gasteiger partial charge in [0.05, 0.1) is 0 Å². The Morgan fingerprint density at radius 1 is 1.06 bits per heavy atom. The summed E-state index contributed by atoms with van der Waals surface area (Å²) in [5.74, 6) is 2.35. The molecule has 1 aromatic heterocycles. The summed E-state index contributed by atoms with van der Waals surface area (Å²) in [6, 6.07) is 13.3. The van der Waals surface area contributed by atoms with Gasteiger partial charge in [-0.25, -0.2) is 4.79 Å². The summed E-state index contributed by atoms with van der Waals surface area (Å²) in [7, 11) is 0. The van der Waals surface area contributed by atoms with E-state index in [2.05, 4.69) is 5.92 Å². The van der Waals surface area contributed by atoms with E-state index in [1.54, 1.807) is 12.1 Å². The molecule has 0 saturated carbocycles. The summed E-state index contributed by atoms with van der Waals surface area (Å²) >= 11 is 0. The predicted molar refractivity (Wildman–Crippen MR) is 67.9 cm³/mol. The molecule has 0 radical (unpaired) electrons. The van der Waals surface area contributed by atoms with Crippen LogP contribution in [0.15, 0.2) is 51.7 Å². The van der Waals surface area contributed by atoms with Gasteiger partial charge in [0, 0.05) is 5.39 Å². The molecular weight excluding hydrogens is 212 g/mol. The zero-order valence-corrected chi connectivity index (χ0v) is 8.94. The van der Waals surface area contributed by atoms with Gasteiger partial charge in [0.15, 0.2) is 0 Å². The molecule has 0 aliphatic rings. The molecule has 0 unspecified atom stereocenters. The number of rotatable bonds is 0. The van der Waals surface area contributed by atoms with Crippen molar-refractivity contribution in [1.82, 2.24) is 0 Å². The van der Waals surface area contributed by atoms with Crippen LogP contribution >= 0.6 is 0 Å². The van der Waals surface area contributed by atoms with Gasteiger partial charge >= 0.3 is 5.63 Å². The fourth-order valence-electron chi connectivity index (χ4n) is 1.97. The molecule has 3 aromatic rings. The van der Waals surface area contributed by atoms with Gasteiger partial charge in [-0.1, -0.05) is 36.3 Å². The molecule has 3 rings (SSSR count). The lowest BCUT2D eigenvalue weighted by molar-refractivity contribution is 0.559. The fourth-order valence-corrected chi connectivity index (χ4v) is 1.97. The lowest BCUT2D eigenvalue weighted by Gasteiger charge is -2.02. The monoisotopic (exact) mass is 220 g/mol. The minimum absolute atomic E-state index is 0.258. The van der Waals surface area contributed by atoms with Crippen molar-refractivity contribution in [3.05, 3.63) is 58.4 Å². The molecule has 1 heterocycles. The van der Waals surface area contributed by atoms with E-state index in [0.717, 1.165) is 16.2 Å². The molecule has 0 atom stereocenters. The number of hydrogen-bond acceptors (Lipinski definition) is 2. The Bertz CT molecular complexity index is 820. The normalized spacial score (nSPS) is 10.5. The Hall–Kier alpha value is -2.53. The summed E-state index contributed by atoms with van der Waals surface area (Å²) < 4.78 is 5.19. The standard InChI is InChI=1S/C15H8O2/c1-2-10-9-13-12-6-4-3-5-11(12)7-8-14(13)17-15(10)16/h1,3-9H. The van der Waals surface area contributed by atoms with Crippen molar-refractivity contribution in [2.24, 2.45) is 0 Å². The summed E-state index contributed by atoms with van der Waals surface area (Å²) in [6.45, 7) is 0. The van der Waals surface area contributed by atoms with Crippen molar-refractivity contribution in [2.45, 2.75) is 0 Å². The number of terminal acetylenes is 1. The van der Waals surface area contributed by atoms with Crippen molar-refractivity contribution in [3.8, 4) is 12.3 Å². The van der Waals surface area contributed by atoms with Crippen LogP contribution < -0.4 is 5.63 Å². The topological polar surface area (TPSA) is 30.2 Å². The Balaban J connectivity index is 2.58. The smallest absolute Gasteiger partial charge is 0.352 e. The second kappa shape index (κ2) is 3.50. The summed E-state index contributed by atoms with van der Waals surface area (Å²) in [5.41, 5.74) is 0.358. The highest BCUT2D eigenvalue weighted by Crippen LogP contribution is 2.24. The van der Waals surface area contributed by atoms with E-state index in [1.807, 2.05) is 30.3 Å². The minimum atomic E-state index is -0.463. The van der Waals surface area contributed by atoms with Crippen molar-refractivity contribution >= 4 is 21.7 Å². The van der Waals surface area contributed by atoms with Crippen molar-refractivity contribution in [3.63, 3.8) is 0 Å². The molecule has 0 aliphatic heterocycles. The van der Waals surface area contributed by atoms with Gasteiger partial charge in [0.2, 0.25) is 0 Å². The number of fused-ring (bicyclic) bond motifs is 3. The summed E-state index contributed by atoms with van der Waals surface area (Å²) in [4.78, 5) is 11.5. The first-order valence-electron chi connectivity index (χ1n) is 5.22. The van der Waals surface area contributed by atoms with Crippen LogP contribution in [-0.4, -0.2) is 0 Å². The van der Waals surface area contributed by atoms with Crippen LogP contribution in [0.4, 0.5) is 0 Å². The minimum Gasteiger partial charge on any atom is -0.422 e. The third-order valence-electron chi connectivity index (χ3n) is 2.80. The Morgan fingerprint density at radius 3 is 2.71 bits per heavy atom. The van der Waals surface area contributed by atoms with Crippen LogP contribution in [0.5, 0.6) is 0 Å². The maximum absolute atomic E-state index is 11.5. The van der Waals surface area contributed by atoms with Gasteiger partial charge in [0.25, 0.3) is 0 Å². The van der Waals surface area contributed by atoms with Gasteiger partial charge in [-0.3, -0.25) is 0 Å². The SMILES string of the molecule is C#Cc1cc2c(ccc3ccccc32)oc1=O. The first kappa shape index (κ1) is 9.68. The summed E-state index contributed by atoms with van der Waals surface area (Å²) in [5, 5.41) is 3.00. The van der Waals surface area contributed by atoms with E-state index >= 15 is 0 Å². The molecule has 2 nitrogen and oxygen atoms in total. The first-order chi connectivity index (χ1) is 8.29. The average Bonchev–Trinajstić information content (AvgIpc) is 2.37. The van der Waals surface area contributed by atoms with Crippen LogP contribution in [0.1, 0.15) is 5.56 Å². The molecule has 80 valence electrons. The van der Waals surface area contributed by atoms with E-state index < -0.39 is 5.63 Å². The molecular formula is C15H8O2. The zero-order chi connectivity index (χ0) is 11.8. The Morgan fingerprint density at radius 2 is 1.88 bits per heavy atom. The fraction of sp³-hybridized carbons (Fsp3) is 0. The van der Waals surface area contributed by atoms with Gasteiger partial charge in [-0.15, -0.1) is 6.42 Å². The lowest BCUT2D eigenvalue weighted by Crippen LogP contribution is -2.02. The maximum atomic E-state index is 11.5. The first-order valence-corrected chi connectivity index (χ1v) is 5.22. The largest absolute Gasteiger partial charge is 0.422 e. The van der Waals surface area contributed by atoms with E-state index in [4.69, 9.17) is 10.8 Å². The quantitative estimate of drug-likeness (QED) is 0.331. The van der Waals surface area contributed by atoms with Crippen LogP contribution in [0.2, 0.25) is 0 Å². The molecule has 0 bridgehead atoms. The molecule has 0 N–H and O–H groups in total. The third-order valence-corrected chi connectivity index (χ3v) is 2.80. The molecule has 0 amide bonds. The van der Waals surface area contributed by atoms with E-state index in [0.29, 0.717) is 5.58 Å². The van der Waals surface area contributed by atoms with Gasteiger partial charge in [0.1, 0.15) is 11.1 Å². The molecule has 0 fully saturated rings. The lowest BCUT2D eigenvalue weighted by atomic mass is 10.1. The molecule has 2 heteroatoms. The average molecular weight is 220 g/mol. The van der Waals surface area contributed by atoms with Crippen LogP contribution in [0, 0.1) is 12.3 Å². The zero-order valence-electron chi connectivity index (χ0n) is 8.94. The predicted octanol–water partition coefficient (Wildman–Crippen LogP) is 2.93. The number of hydrogen-bond donors (Lipinski definition) is 0. The van der Waals surface area contributed by atoms with Crippen molar-refractivity contribution < 1.29 is 4.42 Å². The molecule has 2 aromatic carbocycles. The Labute approximate surface area is 97.5 Å². The molecule has 17 heavy (non-hydrogen) atoms. The van der Waals surface area contributed by atoms with Crippen LogP contribution in [-0.2, 0) is 0 Å². The van der Waals surface area contributed by atoms with Gasteiger partial charge in [-0.05, 0) is 22.9 Å². The number of benzene rings is 2. The van der Waals surface area contributed by atoms with E-state index in [1.165, 1.54) is 0 Å². The molecule has 0 aliphatic carbocycles. The second-order valence-corrected chi connectivity index (χ2v) is 3.79. The Kier molecular flexibility index (Phi) is 1.99. The summed E-state index contributed by atoms with van der Waals surface area (Å²) in [6.07, 6.45) is 5.28. The van der Waals surface area contributed by atoms with Gasteiger partial charge in [-0.2, -0.15) is 0 Å². The van der Waals surface area contributed by atoms with Crippen LogP contribution in [0.3, 0.4) is 0 Å². The highest BCUT2D eigenvalue weighted by atomic mass is 16.4. The molecule has 0 spiro atoms. The second-order valence-electron chi connectivity index (χ2n) is 3.79. The van der Waals surface area contributed by atoms with Crippen molar-refractivity contribution in [2.75, 3.05) is 0 Å². The van der Waals surface area contributed by atoms with E-state index in [9.17, 15) is 4.79 Å². The van der Waals surface area contributed by atoms with Gasteiger partial charge < -0.3 is 4.42 Å². The van der Waals surface area contributed by atoms with E-state index in [-0.39, 0.29) is 5.56 Å². The maximum Gasteiger partial charge on any atom is 0.352 e. The van der Waals surface area contributed by atoms with Crippen molar-refractivity contribution in [1.29, 1.82) is 0 Å².